The van der Waals surface area contributed by atoms with Crippen molar-refractivity contribution < 1.29 is 0 Å². The van der Waals surface area contributed by atoms with E-state index in [1.165, 1.54) is 5.75 Å². The summed E-state index contributed by atoms with van der Waals surface area (Å²) in [5.41, 5.74) is 0. The van der Waals surface area contributed by atoms with Crippen LogP contribution in [0.1, 0.15) is 0 Å². The minimum absolute atomic E-state index is 0.919. The summed E-state index contributed by atoms with van der Waals surface area (Å²) in [6.07, 6.45) is 2.28. The van der Waals surface area contributed by atoms with Gasteiger partial charge in [-0.25, -0.2) is 0 Å². The number of rotatable bonds is 0. The summed E-state index contributed by atoms with van der Waals surface area (Å²) in [6, 6.07) is 0. The fourth-order valence-corrected chi connectivity index (χ4v) is 2.59. The molecule has 0 aromatic carbocycles. The van der Waals surface area contributed by atoms with E-state index in [2.05, 4.69) is 11.5 Å². The second-order valence-corrected chi connectivity index (χ2v) is 4.32. The predicted molar refractivity (Wildman–Crippen MR) is 31.1 cm³/mol. The van der Waals surface area contributed by atoms with Gasteiger partial charge in [0.1, 0.15) is 0 Å². The zero-order chi connectivity index (χ0) is 4.41. The van der Waals surface area contributed by atoms with Crippen molar-refractivity contribution in [1.29, 1.82) is 0 Å². The van der Waals surface area contributed by atoms with Gasteiger partial charge >= 0.3 is 55.5 Å². The van der Waals surface area contributed by atoms with Gasteiger partial charge in [0, 0.05) is 0 Å². The van der Waals surface area contributed by atoms with Crippen LogP contribution in [0.4, 0.5) is 0 Å². The molecule has 0 bridgehead atoms. The van der Waals surface area contributed by atoms with Crippen LogP contribution in [0.25, 0.3) is 0 Å². The van der Waals surface area contributed by atoms with Crippen LogP contribution in [0.5, 0.6) is 0 Å². The van der Waals surface area contributed by atoms with E-state index in [9.17, 15) is 0 Å². The van der Waals surface area contributed by atoms with E-state index in [-0.39, 0.29) is 0 Å². The molecule has 1 atom stereocenters. The van der Waals surface area contributed by atoms with Crippen LogP contribution in [0.15, 0.2) is 11.5 Å². The van der Waals surface area contributed by atoms with Crippen molar-refractivity contribution >= 4 is 34.3 Å². The second-order valence-electron chi connectivity index (χ2n) is 1.27. The molecule has 0 aromatic heterocycles. The van der Waals surface area contributed by atoms with Crippen molar-refractivity contribution in [2.24, 2.45) is 0 Å². The zero-order valence-electron chi connectivity index (χ0n) is 3.35. The van der Waals surface area contributed by atoms with Crippen LogP contribution >= 0.6 is 11.8 Å². The Hall–Kier alpha value is 0.889. The maximum absolute atomic E-state index is 2.28. The number of hydrogen-bond acceptors (Lipinski definition) is 1. The standard InChI is InChI=1S/C4H5S.Sn/c1-2-4-5-3-1;/h1-3H,4H2;. The van der Waals surface area contributed by atoms with Crippen LogP contribution in [-0.2, 0) is 0 Å². The van der Waals surface area contributed by atoms with Crippen molar-refractivity contribution in [2.45, 2.75) is 3.93 Å². The Morgan fingerprint density at radius 2 is 2.67 bits per heavy atom. The van der Waals surface area contributed by atoms with Crippen molar-refractivity contribution in [2.75, 3.05) is 5.75 Å². The average molecular weight is 204 g/mol. The van der Waals surface area contributed by atoms with E-state index in [1.807, 2.05) is 11.8 Å². The van der Waals surface area contributed by atoms with Crippen molar-refractivity contribution in [3.05, 3.63) is 11.5 Å². The molecule has 6 heavy (non-hydrogen) atoms. The van der Waals surface area contributed by atoms with Gasteiger partial charge in [-0.3, -0.25) is 0 Å². The summed E-state index contributed by atoms with van der Waals surface area (Å²) in [5, 5.41) is 2.19. The summed E-state index contributed by atoms with van der Waals surface area (Å²) in [7, 11) is 0. The minimum atomic E-state index is 0.919. The van der Waals surface area contributed by atoms with Gasteiger partial charge in [-0.2, -0.15) is 0 Å². The van der Waals surface area contributed by atoms with Crippen molar-refractivity contribution in [1.82, 2.24) is 0 Å². The molecule has 1 aliphatic rings. The normalized spacial score (nSPS) is 31.8. The van der Waals surface area contributed by atoms with Gasteiger partial charge in [0.25, 0.3) is 0 Å². The molecule has 0 saturated carbocycles. The molecule has 0 saturated heterocycles. The molecule has 0 aromatic rings. The first kappa shape index (κ1) is 5.03. The molecule has 0 aliphatic carbocycles. The van der Waals surface area contributed by atoms with Crippen LogP contribution in [0.3, 0.4) is 0 Å². The number of hydrogen-bond donors (Lipinski definition) is 0. The Kier molecular flexibility index (Phi) is 1.90. The third kappa shape index (κ3) is 1.19. The zero-order valence-corrected chi connectivity index (χ0v) is 7.02. The summed E-state index contributed by atoms with van der Waals surface area (Å²) >= 11 is 3.58. The molecule has 1 aliphatic heterocycles. The second kappa shape index (κ2) is 2.26. The van der Waals surface area contributed by atoms with Crippen LogP contribution < -0.4 is 0 Å². The Balaban J connectivity index is 2.38. The maximum atomic E-state index is 2.28. The van der Waals surface area contributed by atoms with E-state index in [1.54, 1.807) is 22.5 Å². The summed E-state index contributed by atoms with van der Waals surface area (Å²) in [6.45, 7) is 0. The third-order valence-electron chi connectivity index (χ3n) is 0.683. The molecule has 0 N–H and O–H groups in total. The van der Waals surface area contributed by atoms with Gasteiger partial charge in [0.15, 0.2) is 0 Å². The fourth-order valence-electron chi connectivity index (χ4n) is 0.365. The van der Waals surface area contributed by atoms with E-state index < -0.39 is 0 Å². The molecular weight excluding hydrogens is 199 g/mol. The first-order valence-corrected chi connectivity index (χ1v) is 4.58. The molecule has 2 heteroatoms. The molecule has 1 unspecified atom stereocenters. The quantitative estimate of drug-likeness (QED) is 0.534. The molecule has 0 nitrogen and oxygen atoms in total. The molecule has 0 amide bonds. The van der Waals surface area contributed by atoms with Crippen LogP contribution in [0, 0.1) is 0 Å². The molecule has 31 valence electrons. The predicted octanol–water partition coefficient (Wildman–Crippen LogP) is 1.20. The van der Waals surface area contributed by atoms with E-state index >= 15 is 0 Å². The molecule has 1 rings (SSSR count). The summed E-state index contributed by atoms with van der Waals surface area (Å²) in [5.74, 6) is 1.33. The monoisotopic (exact) mass is 205 g/mol. The molecule has 1 heterocycles. The van der Waals surface area contributed by atoms with Gasteiger partial charge in [-0.15, -0.1) is 0 Å². The summed E-state index contributed by atoms with van der Waals surface area (Å²) < 4.78 is 0.919. The number of allylic oxidation sites excluding steroid dienone is 1. The Morgan fingerprint density at radius 3 is 2.83 bits per heavy atom. The molecular formula is C4H5SSn. The van der Waals surface area contributed by atoms with E-state index in [4.69, 9.17) is 0 Å². The van der Waals surface area contributed by atoms with Gasteiger partial charge in [-0.05, 0) is 0 Å². The van der Waals surface area contributed by atoms with Gasteiger partial charge in [-0.1, -0.05) is 0 Å². The van der Waals surface area contributed by atoms with E-state index in [0.717, 1.165) is 3.93 Å². The first-order valence-electron chi connectivity index (χ1n) is 1.89. The van der Waals surface area contributed by atoms with Crippen molar-refractivity contribution in [3.63, 3.8) is 0 Å². The Bertz CT molecular complexity index is 69.9. The van der Waals surface area contributed by atoms with E-state index in [0.29, 0.717) is 0 Å². The number of thioether (sulfide) groups is 1. The van der Waals surface area contributed by atoms with Crippen molar-refractivity contribution in [3.8, 4) is 0 Å². The Morgan fingerprint density at radius 1 is 1.83 bits per heavy atom. The Labute approximate surface area is 55.5 Å². The fraction of sp³-hybridized carbons (Fsp3) is 0.500. The summed E-state index contributed by atoms with van der Waals surface area (Å²) in [4.78, 5) is 0. The SMILES string of the molecule is [Sn][CH]1C=CSC1. The topological polar surface area (TPSA) is 0 Å². The van der Waals surface area contributed by atoms with Crippen LogP contribution in [0.2, 0.25) is 3.93 Å². The molecule has 0 fully saturated rings. The van der Waals surface area contributed by atoms with Gasteiger partial charge in [0.2, 0.25) is 0 Å². The van der Waals surface area contributed by atoms with Gasteiger partial charge < -0.3 is 0 Å². The average Bonchev–Trinajstić information content (AvgIpc) is 1.86. The van der Waals surface area contributed by atoms with Gasteiger partial charge in [0.05, 0.1) is 0 Å². The third-order valence-corrected chi connectivity index (χ3v) is 3.56. The first-order chi connectivity index (χ1) is 2.89. The molecule has 0 spiro atoms. The van der Waals surface area contributed by atoms with Crippen LogP contribution in [-0.4, -0.2) is 28.3 Å². The molecule has 3 radical (unpaired) electrons.